The fraction of sp³-hybridized carbons (Fsp3) is 0.286. The fourth-order valence-corrected chi connectivity index (χ4v) is 8.56. The number of aromatic hydroxyl groups is 1. The summed E-state index contributed by atoms with van der Waals surface area (Å²) in [5.74, 6) is -0.870. The number of carbonyl (C=O) groups is 2. The Bertz CT molecular complexity index is 1940. The summed E-state index contributed by atoms with van der Waals surface area (Å²) in [7, 11) is -1.99. The van der Waals surface area contributed by atoms with E-state index in [2.05, 4.69) is 12.4 Å². The third kappa shape index (κ3) is 8.46. The number of amides is 3. The molecule has 10 nitrogen and oxygen atoms in total. The van der Waals surface area contributed by atoms with Crippen molar-refractivity contribution in [3.63, 3.8) is 0 Å². The number of rotatable bonds is 10. The maximum Gasteiger partial charge on any atom is 0.496 e. The standard InChI is InChI=1S/C35H37FN4O6S2/c1-23-19-33(24(2)47-23)48(44,45)46-31-16-12-28(13-17-31)38-35(43)39(32(34(37)42)20-25-8-14-30(41)15-9-25)29-5-4-18-40(3,22-29)21-26-6-10-27(36)11-7-26/h6-17,19,32H,4-5,18,20-22H2,1-3H3,(H2-2,37,38,41,42,43)/p+2/b39-29+/t32-,40?/m0/s1. The Hall–Kier alpha value is -4.59. The van der Waals surface area contributed by atoms with E-state index in [1.54, 1.807) is 37.3 Å². The van der Waals surface area contributed by atoms with Gasteiger partial charge in [-0.2, -0.15) is 17.8 Å². The number of benzene rings is 3. The van der Waals surface area contributed by atoms with Crippen LogP contribution in [0.2, 0.25) is 0 Å². The molecule has 0 saturated carbocycles. The molecule has 1 aliphatic heterocycles. The Morgan fingerprint density at radius 2 is 1.69 bits per heavy atom. The second-order valence-electron chi connectivity index (χ2n) is 12.4. The van der Waals surface area contributed by atoms with Crippen molar-refractivity contribution < 1.29 is 40.7 Å². The number of anilines is 1. The van der Waals surface area contributed by atoms with Crippen LogP contribution in [-0.2, 0) is 27.9 Å². The predicted molar refractivity (Wildman–Crippen MR) is 182 cm³/mol. The smallest absolute Gasteiger partial charge is 0.496 e. The molecule has 4 aromatic rings. The van der Waals surface area contributed by atoms with Gasteiger partial charge in [0.05, 0.1) is 13.6 Å². The van der Waals surface area contributed by atoms with Crippen LogP contribution >= 0.6 is 11.3 Å². The summed E-state index contributed by atoms with van der Waals surface area (Å²) < 4.78 is 46.7. The molecule has 1 fully saturated rings. The third-order valence-corrected chi connectivity index (χ3v) is 10.8. The number of primary amides is 1. The molecule has 0 spiro atoms. The molecular weight excluding hydrogens is 656 g/mol. The molecule has 252 valence electrons. The number of hydrogen-bond donors (Lipinski definition) is 3. The summed E-state index contributed by atoms with van der Waals surface area (Å²) in [6.07, 6.45) is 1.40. The van der Waals surface area contributed by atoms with E-state index >= 15 is 0 Å². The van der Waals surface area contributed by atoms with E-state index in [1.807, 2.05) is 6.92 Å². The van der Waals surface area contributed by atoms with Crippen molar-refractivity contribution in [1.29, 1.82) is 0 Å². The summed E-state index contributed by atoms with van der Waals surface area (Å²) in [4.78, 5) is 28.7. The minimum absolute atomic E-state index is 0.0697. The van der Waals surface area contributed by atoms with Crippen LogP contribution in [0.25, 0.3) is 0 Å². The zero-order valence-electron chi connectivity index (χ0n) is 27.0. The van der Waals surface area contributed by atoms with Crippen LogP contribution in [0, 0.1) is 19.7 Å². The molecule has 4 N–H and O–H groups in total. The third-order valence-electron chi connectivity index (χ3n) is 8.35. The number of hydrogen-bond acceptors (Lipinski definition) is 7. The van der Waals surface area contributed by atoms with Gasteiger partial charge in [-0.05, 0) is 74.0 Å². The summed E-state index contributed by atoms with van der Waals surface area (Å²) >= 11 is 1.36. The molecule has 1 aromatic heterocycles. The van der Waals surface area contributed by atoms with Crippen LogP contribution in [0.15, 0.2) is 83.8 Å². The Morgan fingerprint density at radius 3 is 2.29 bits per heavy atom. The number of nitrogens with zero attached hydrogens (tertiary/aromatic N) is 2. The first-order chi connectivity index (χ1) is 22.7. The van der Waals surface area contributed by atoms with Crippen molar-refractivity contribution in [1.82, 2.24) is 0 Å². The van der Waals surface area contributed by atoms with E-state index in [0.717, 1.165) is 29.1 Å². The van der Waals surface area contributed by atoms with E-state index in [1.165, 1.54) is 64.4 Å². The van der Waals surface area contributed by atoms with Crippen molar-refractivity contribution in [3.8, 4) is 11.5 Å². The van der Waals surface area contributed by atoms with Crippen LogP contribution in [0.4, 0.5) is 14.9 Å². The Morgan fingerprint density at radius 1 is 1.04 bits per heavy atom. The molecule has 3 aromatic carbocycles. The molecule has 1 aliphatic rings. The van der Waals surface area contributed by atoms with Gasteiger partial charge in [0.25, 0.3) is 5.91 Å². The summed E-state index contributed by atoms with van der Waals surface area (Å²) in [5, 5.41) is 12.6. The zero-order valence-corrected chi connectivity index (χ0v) is 28.6. The van der Waals surface area contributed by atoms with Gasteiger partial charge in [-0.15, -0.1) is 11.3 Å². The van der Waals surface area contributed by atoms with Crippen molar-refractivity contribution >= 4 is 44.8 Å². The number of aryl methyl sites for hydroxylation is 2. The largest absolute Gasteiger partial charge is 0.508 e. The van der Waals surface area contributed by atoms with Crippen molar-refractivity contribution in [2.75, 3.05) is 25.5 Å². The van der Waals surface area contributed by atoms with Gasteiger partial charge in [0.1, 0.15) is 46.7 Å². The molecular formula is C35H39FN4O6S2+2. The highest BCUT2D eigenvalue weighted by Crippen LogP contribution is 2.28. The molecule has 0 bridgehead atoms. The van der Waals surface area contributed by atoms with Crippen LogP contribution in [0.1, 0.15) is 33.7 Å². The maximum absolute atomic E-state index is 14.1. The molecule has 0 radical (unpaired) electrons. The minimum Gasteiger partial charge on any atom is -0.508 e. The SMILES string of the molecule is Cc1cc(S(=O)(=O)Oc2ccc(NC(=O)/[N+](=C3\CCC[N+](C)(Cc4ccc(F)cc4)C3)[C@@H](Cc3ccc(O)cc3)C(N)=O)cc2)c(C)s1. The average molecular weight is 695 g/mol. The van der Waals surface area contributed by atoms with Crippen LogP contribution in [-0.4, -0.2) is 66.4 Å². The highest BCUT2D eigenvalue weighted by Gasteiger charge is 2.39. The lowest BCUT2D eigenvalue weighted by atomic mass is 10.0. The Labute approximate surface area is 283 Å². The molecule has 5 rings (SSSR count). The van der Waals surface area contributed by atoms with E-state index < -0.39 is 28.1 Å². The summed E-state index contributed by atoms with van der Waals surface area (Å²) in [6, 6.07) is 18.6. The first-order valence-electron chi connectivity index (χ1n) is 15.4. The van der Waals surface area contributed by atoms with Gasteiger partial charge in [0.2, 0.25) is 0 Å². The first kappa shape index (κ1) is 34.7. The first-order valence-corrected chi connectivity index (χ1v) is 17.7. The van der Waals surface area contributed by atoms with Crippen molar-refractivity contribution in [3.05, 3.63) is 106 Å². The molecule has 2 atom stereocenters. The number of thiophene rings is 1. The molecule has 1 saturated heterocycles. The Kier molecular flexibility index (Phi) is 10.3. The summed E-state index contributed by atoms with van der Waals surface area (Å²) in [6.45, 7) is 5.38. The van der Waals surface area contributed by atoms with Gasteiger partial charge >= 0.3 is 16.1 Å². The van der Waals surface area contributed by atoms with Gasteiger partial charge in [-0.1, -0.05) is 24.3 Å². The second-order valence-corrected chi connectivity index (χ2v) is 15.4. The van der Waals surface area contributed by atoms with E-state index in [0.29, 0.717) is 40.1 Å². The lowest BCUT2D eigenvalue weighted by molar-refractivity contribution is -0.918. The van der Waals surface area contributed by atoms with E-state index in [9.17, 15) is 27.5 Å². The number of phenols is 1. The van der Waals surface area contributed by atoms with E-state index in [4.69, 9.17) is 9.92 Å². The highest BCUT2D eigenvalue weighted by molar-refractivity contribution is 7.87. The van der Waals surface area contributed by atoms with E-state index in [-0.39, 0.29) is 28.6 Å². The monoisotopic (exact) mass is 694 g/mol. The number of carbonyl (C=O) groups excluding carboxylic acids is 2. The number of nitrogens with two attached hydrogens (primary N) is 1. The number of quaternary nitrogens is 1. The second kappa shape index (κ2) is 14.3. The quantitative estimate of drug-likeness (QED) is 0.114. The zero-order chi connectivity index (χ0) is 34.6. The topological polar surface area (TPSA) is 139 Å². The molecule has 13 heteroatoms. The maximum atomic E-state index is 14.1. The minimum atomic E-state index is -4.05. The van der Waals surface area contributed by atoms with Gasteiger partial charge in [-0.25, -0.2) is 9.71 Å². The van der Waals surface area contributed by atoms with Gasteiger partial charge < -0.3 is 19.5 Å². The van der Waals surface area contributed by atoms with Crippen LogP contribution < -0.4 is 15.2 Å². The van der Waals surface area contributed by atoms with Gasteiger partial charge in [0.15, 0.2) is 6.04 Å². The molecule has 0 aliphatic carbocycles. The lowest BCUT2D eigenvalue weighted by Gasteiger charge is -2.38. The van der Waals surface area contributed by atoms with Crippen LogP contribution in [0.5, 0.6) is 11.5 Å². The number of halogens is 1. The predicted octanol–water partition coefficient (Wildman–Crippen LogP) is 5.50. The Balaban J connectivity index is 1.44. The normalized spacial score (nSPS) is 18.2. The molecule has 2 heterocycles. The van der Waals surface area contributed by atoms with Gasteiger partial charge in [0, 0.05) is 34.6 Å². The summed E-state index contributed by atoms with van der Waals surface area (Å²) in [5.41, 5.74) is 8.68. The molecule has 48 heavy (non-hydrogen) atoms. The average Bonchev–Trinajstić information content (AvgIpc) is 3.38. The van der Waals surface area contributed by atoms with Crippen molar-refractivity contribution in [2.24, 2.45) is 5.73 Å². The number of piperidine rings is 1. The number of nitrogens with one attached hydrogen (secondary N) is 1. The molecule has 3 amide bonds. The van der Waals surface area contributed by atoms with Crippen LogP contribution in [0.3, 0.4) is 0 Å². The molecule has 1 unspecified atom stereocenters. The number of phenolic OH excluding ortho intramolecular Hbond substituents is 1. The van der Waals surface area contributed by atoms with Crippen molar-refractivity contribution in [2.45, 2.75) is 50.6 Å². The number of urea groups is 1. The lowest BCUT2D eigenvalue weighted by Crippen LogP contribution is -2.56. The number of likely N-dealkylation sites (tertiary alicyclic amines) is 1. The fourth-order valence-electron chi connectivity index (χ4n) is 6.11. The van der Waals surface area contributed by atoms with Gasteiger partial charge in [-0.3, -0.25) is 4.79 Å². The highest BCUT2D eigenvalue weighted by atomic mass is 32.2.